The smallest absolute Gasteiger partial charge is 0.304 e. The first-order chi connectivity index (χ1) is 8.70. The molecule has 0 unspecified atom stereocenters. The number of rotatable bonds is 4. The molecule has 2 nitrogen and oxygen atoms in total. The zero-order valence-corrected chi connectivity index (χ0v) is 10.3. The molecule has 0 bridgehead atoms. The third kappa shape index (κ3) is 3.03. The van der Waals surface area contributed by atoms with Crippen LogP contribution in [0.3, 0.4) is 0 Å². The lowest BCUT2D eigenvalue weighted by Crippen LogP contribution is -2.12. The maximum absolute atomic E-state index is 13.4. The second-order valence-electron chi connectivity index (χ2n) is 3.80. The van der Waals surface area contributed by atoms with Crippen LogP contribution in [-0.4, -0.2) is 12.5 Å². The standard InChI is InChI=1S/C13H11BClFO2/c15-11-7-10(14-17)5-6-13(11)18-8-9-3-1-2-4-12(9)16/h1-7,14,17H,8H2. The minimum absolute atomic E-state index is 0.0761. The average molecular weight is 264 g/mol. The number of hydrogen-bond donors (Lipinski definition) is 1. The number of hydrogen-bond acceptors (Lipinski definition) is 2. The van der Waals surface area contributed by atoms with Crippen molar-refractivity contribution in [2.75, 3.05) is 0 Å². The van der Waals surface area contributed by atoms with E-state index in [1.807, 2.05) is 0 Å². The van der Waals surface area contributed by atoms with Gasteiger partial charge in [0.1, 0.15) is 18.2 Å². The predicted octanol–water partition coefficient (Wildman–Crippen LogP) is 2.03. The highest BCUT2D eigenvalue weighted by Crippen LogP contribution is 2.23. The molecule has 0 radical (unpaired) electrons. The van der Waals surface area contributed by atoms with E-state index in [0.29, 0.717) is 21.8 Å². The molecule has 0 spiro atoms. The third-order valence-electron chi connectivity index (χ3n) is 2.52. The molecule has 0 aromatic heterocycles. The van der Waals surface area contributed by atoms with Crippen molar-refractivity contribution in [2.45, 2.75) is 6.61 Å². The van der Waals surface area contributed by atoms with E-state index in [0.717, 1.165) is 0 Å². The molecule has 0 heterocycles. The van der Waals surface area contributed by atoms with E-state index >= 15 is 0 Å². The van der Waals surface area contributed by atoms with Crippen molar-refractivity contribution in [1.82, 2.24) is 0 Å². The molecule has 0 aliphatic heterocycles. The molecule has 2 aromatic rings. The molecule has 0 aliphatic rings. The van der Waals surface area contributed by atoms with Crippen molar-refractivity contribution in [1.29, 1.82) is 0 Å². The second kappa shape index (κ2) is 5.89. The number of halogens is 2. The molecule has 2 rings (SSSR count). The van der Waals surface area contributed by atoms with Gasteiger partial charge in [0.05, 0.1) is 5.02 Å². The molecule has 92 valence electrons. The summed E-state index contributed by atoms with van der Waals surface area (Å²) in [5, 5.41) is 9.35. The highest BCUT2D eigenvalue weighted by atomic mass is 35.5. The minimum Gasteiger partial charge on any atom is -0.487 e. The summed E-state index contributed by atoms with van der Waals surface area (Å²) in [6, 6.07) is 11.4. The zero-order valence-electron chi connectivity index (χ0n) is 9.57. The summed E-state index contributed by atoms with van der Waals surface area (Å²) < 4.78 is 18.8. The van der Waals surface area contributed by atoms with Crippen LogP contribution in [0.5, 0.6) is 5.75 Å². The van der Waals surface area contributed by atoms with Gasteiger partial charge in [-0.2, -0.15) is 0 Å². The fourth-order valence-electron chi connectivity index (χ4n) is 1.53. The molecule has 18 heavy (non-hydrogen) atoms. The summed E-state index contributed by atoms with van der Waals surface area (Å²) >= 11 is 5.98. The van der Waals surface area contributed by atoms with Gasteiger partial charge in [-0.15, -0.1) is 0 Å². The Balaban J connectivity index is 2.09. The Morgan fingerprint density at radius 2 is 2.00 bits per heavy atom. The Labute approximate surface area is 110 Å². The highest BCUT2D eigenvalue weighted by Gasteiger charge is 2.06. The quantitative estimate of drug-likeness (QED) is 0.856. The molecule has 0 amide bonds. The van der Waals surface area contributed by atoms with E-state index in [4.69, 9.17) is 21.4 Å². The Kier molecular flexibility index (Phi) is 4.23. The van der Waals surface area contributed by atoms with E-state index < -0.39 is 0 Å². The van der Waals surface area contributed by atoms with Crippen LogP contribution in [0.15, 0.2) is 42.5 Å². The normalized spacial score (nSPS) is 10.2. The number of ether oxygens (including phenoxy) is 1. The third-order valence-corrected chi connectivity index (χ3v) is 2.82. The summed E-state index contributed by atoms with van der Waals surface area (Å²) in [4.78, 5) is 0. The summed E-state index contributed by atoms with van der Waals surface area (Å²) in [5.41, 5.74) is 1.18. The molecule has 5 heteroatoms. The van der Waals surface area contributed by atoms with Gasteiger partial charge in [0, 0.05) is 5.56 Å². The van der Waals surface area contributed by atoms with Crippen molar-refractivity contribution in [2.24, 2.45) is 0 Å². The fraction of sp³-hybridized carbons (Fsp3) is 0.0769. The summed E-state index contributed by atoms with van der Waals surface area (Å²) in [5.74, 6) is 0.165. The second-order valence-corrected chi connectivity index (χ2v) is 4.21. The first kappa shape index (κ1) is 12.9. The molecule has 0 saturated carbocycles. The molecule has 0 aliphatic carbocycles. The van der Waals surface area contributed by atoms with Gasteiger partial charge in [0.15, 0.2) is 0 Å². The maximum Gasteiger partial charge on any atom is 0.304 e. The van der Waals surface area contributed by atoms with E-state index in [1.54, 1.807) is 36.4 Å². The van der Waals surface area contributed by atoms with Gasteiger partial charge in [0.25, 0.3) is 0 Å². The van der Waals surface area contributed by atoms with E-state index in [9.17, 15) is 4.39 Å². The lowest BCUT2D eigenvalue weighted by molar-refractivity contribution is 0.300. The van der Waals surface area contributed by atoms with Crippen LogP contribution in [0.1, 0.15) is 5.56 Å². The summed E-state index contributed by atoms with van der Waals surface area (Å²) in [6.07, 6.45) is 0. The van der Waals surface area contributed by atoms with Crippen molar-refractivity contribution >= 4 is 24.5 Å². The van der Waals surface area contributed by atoms with Crippen LogP contribution in [0.4, 0.5) is 4.39 Å². The van der Waals surface area contributed by atoms with Gasteiger partial charge >= 0.3 is 7.48 Å². The SMILES string of the molecule is OBc1ccc(OCc2ccccc2F)c(Cl)c1. The van der Waals surface area contributed by atoms with E-state index in [-0.39, 0.29) is 19.9 Å². The zero-order chi connectivity index (χ0) is 13.0. The van der Waals surface area contributed by atoms with Gasteiger partial charge in [-0.3, -0.25) is 0 Å². The van der Waals surface area contributed by atoms with Crippen molar-refractivity contribution in [3.63, 3.8) is 0 Å². The molecule has 0 fully saturated rings. The molecule has 0 saturated heterocycles. The molecule has 0 atom stereocenters. The molecular weight excluding hydrogens is 253 g/mol. The van der Waals surface area contributed by atoms with Crippen LogP contribution in [0.25, 0.3) is 0 Å². The van der Waals surface area contributed by atoms with Crippen LogP contribution >= 0.6 is 11.6 Å². The number of benzene rings is 2. The Bertz CT molecular complexity index is 548. The summed E-state index contributed by atoms with van der Waals surface area (Å²) in [6.45, 7) is 0.116. The molecule has 1 N–H and O–H groups in total. The van der Waals surface area contributed by atoms with E-state index in [2.05, 4.69) is 0 Å². The Hall–Kier alpha value is -1.52. The van der Waals surface area contributed by atoms with Gasteiger partial charge in [-0.25, -0.2) is 4.39 Å². The monoisotopic (exact) mass is 264 g/mol. The largest absolute Gasteiger partial charge is 0.487 e. The van der Waals surface area contributed by atoms with Crippen LogP contribution in [-0.2, 0) is 6.61 Å². The van der Waals surface area contributed by atoms with Crippen molar-refractivity contribution in [3.05, 3.63) is 58.9 Å². The lowest BCUT2D eigenvalue weighted by atomic mass is 9.89. The Morgan fingerprint density at radius 1 is 1.22 bits per heavy atom. The summed E-state index contributed by atoms with van der Waals surface area (Å²) in [7, 11) is -0.0761. The predicted molar refractivity (Wildman–Crippen MR) is 71.2 cm³/mol. The van der Waals surface area contributed by atoms with Crippen molar-refractivity contribution < 1.29 is 14.2 Å². The highest BCUT2D eigenvalue weighted by molar-refractivity contribution is 6.46. The Morgan fingerprint density at radius 3 is 2.67 bits per heavy atom. The minimum atomic E-state index is -0.305. The first-order valence-electron chi connectivity index (χ1n) is 5.46. The maximum atomic E-state index is 13.4. The van der Waals surface area contributed by atoms with Crippen molar-refractivity contribution in [3.8, 4) is 5.75 Å². The molecular formula is C13H11BClFO2. The van der Waals surface area contributed by atoms with Gasteiger partial charge in [-0.1, -0.05) is 41.3 Å². The van der Waals surface area contributed by atoms with Gasteiger partial charge < -0.3 is 9.76 Å². The van der Waals surface area contributed by atoms with E-state index in [1.165, 1.54) is 6.07 Å². The van der Waals surface area contributed by atoms with Crippen LogP contribution in [0, 0.1) is 5.82 Å². The lowest BCUT2D eigenvalue weighted by Gasteiger charge is -2.09. The van der Waals surface area contributed by atoms with Crippen LogP contribution in [0.2, 0.25) is 5.02 Å². The van der Waals surface area contributed by atoms with Gasteiger partial charge in [-0.05, 0) is 18.2 Å². The average Bonchev–Trinajstić information content (AvgIpc) is 2.39. The van der Waals surface area contributed by atoms with Gasteiger partial charge in [0.2, 0.25) is 0 Å². The first-order valence-corrected chi connectivity index (χ1v) is 5.84. The molecule has 2 aromatic carbocycles. The van der Waals surface area contributed by atoms with Crippen LogP contribution < -0.4 is 10.2 Å². The topological polar surface area (TPSA) is 29.5 Å². The fourth-order valence-corrected chi connectivity index (χ4v) is 1.79.